The van der Waals surface area contributed by atoms with Crippen molar-refractivity contribution in [3.8, 4) is 0 Å². The molecule has 1 aliphatic heterocycles. The molecule has 174 valence electrons. The first-order valence-corrected chi connectivity index (χ1v) is 11.4. The summed E-state index contributed by atoms with van der Waals surface area (Å²) in [5.41, 5.74) is 0.634. The number of amides is 1. The van der Waals surface area contributed by atoms with E-state index in [4.69, 9.17) is 0 Å². The summed E-state index contributed by atoms with van der Waals surface area (Å²) in [6.45, 7) is -0.858. The van der Waals surface area contributed by atoms with Gasteiger partial charge in [0.2, 0.25) is 0 Å². The first-order chi connectivity index (χ1) is 15.8. The summed E-state index contributed by atoms with van der Waals surface area (Å²) in [4.78, 5) is 19.6. The molecule has 1 amide bonds. The Labute approximate surface area is 189 Å². The number of para-hydroxylation sites is 1. The Kier molecular flexibility index (Phi) is 5.43. The van der Waals surface area contributed by atoms with E-state index in [2.05, 4.69) is 4.98 Å². The van der Waals surface area contributed by atoms with E-state index in [0.717, 1.165) is 42.1 Å². The fourth-order valence-electron chi connectivity index (χ4n) is 5.79. The predicted molar refractivity (Wildman–Crippen MR) is 118 cm³/mol. The van der Waals surface area contributed by atoms with Crippen LogP contribution in [0.25, 0.3) is 11.0 Å². The van der Waals surface area contributed by atoms with E-state index in [1.54, 1.807) is 23.1 Å². The van der Waals surface area contributed by atoms with E-state index in [-0.39, 0.29) is 28.9 Å². The molecule has 3 atom stereocenters. The van der Waals surface area contributed by atoms with E-state index in [1.807, 2.05) is 30.3 Å². The van der Waals surface area contributed by atoms with Gasteiger partial charge in [-0.1, -0.05) is 49.2 Å². The number of likely N-dealkylation sites (tertiary alicyclic amines) is 1. The number of halogens is 3. The molecule has 1 N–H and O–H groups in total. The van der Waals surface area contributed by atoms with Crippen LogP contribution in [0.4, 0.5) is 13.2 Å². The molecular formula is C25H26F3N3O2. The van der Waals surface area contributed by atoms with Crippen molar-refractivity contribution in [2.75, 3.05) is 6.54 Å². The van der Waals surface area contributed by atoms with Gasteiger partial charge in [0.15, 0.2) is 0 Å². The van der Waals surface area contributed by atoms with Crippen molar-refractivity contribution in [1.29, 1.82) is 0 Å². The van der Waals surface area contributed by atoms with Gasteiger partial charge in [-0.05, 0) is 37.0 Å². The average Bonchev–Trinajstić information content (AvgIpc) is 3.21. The maximum Gasteiger partial charge on any atom is 0.406 e. The van der Waals surface area contributed by atoms with Crippen molar-refractivity contribution >= 4 is 16.9 Å². The molecule has 2 fully saturated rings. The lowest BCUT2D eigenvalue weighted by Crippen LogP contribution is -2.59. The number of carbonyl (C=O) groups is 1. The SMILES string of the molecule is O=C(c1cccc2ncn(CC(F)(F)F)c12)N1CCC(O)(c2ccccc2)[C@@H]2CCCC[C@@H]21. The predicted octanol–water partition coefficient (Wildman–Crippen LogP) is 4.89. The Hall–Kier alpha value is -2.87. The summed E-state index contributed by atoms with van der Waals surface area (Å²) in [7, 11) is 0. The van der Waals surface area contributed by atoms with E-state index in [9.17, 15) is 23.1 Å². The smallest absolute Gasteiger partial charge is 0.385 e. The highest BCUT2D eigenvalue weighted by atomic mass is 19.4. The Bertz CT molecular complexity index is 1160. The fraction of sp³-hybridized carbons (Fsp3) is 0.440. The molecular weight excluding hydrogens is 431 g/mol. The molecule has 1 aliphatic carbocycles. The molecule has 1 aromatic heterocycles. The average molecular weight is 457 g/mol. The van der Waals surface area contributed by atoms with Gasteiger partial charge in [-0.2, -0.15) is 13.2 Å². The number of imidazole rings is 1. The number of fused-ring (bicyclic) bond motifs is 2. The first-order valence-electron chi connectivity index (χ1n) is 11.4. The van der Waals surface area contributed by atoms with Crippen LogP contribution < -0.4 is 0 Å². The topological polar surface area (TPSA) is 58.4 Å². The summed E-state index contributed by atoms with van der Waals surface area (Å²) < 4.78 is 40.4. The second-order valence-electron chi connectivity index (χ2n) is 9.16. The van der Waals surface area contributed by atoms with Crippen LogP contribution in [0.5, 0.6) is 0 Å². The number of carbonyl (C=O) groups excluding carboxylic acids is 1. The van der Waals surface area contributed by atoms with Gasteiger partial charge in [-0.3, -0.25) is 4.79 Å². The third kappa shape index (κ3) is 3.90. The molecule has 0 radical (unpaired) electrons. The summed E-state index contributed by atoms with van der Waals surface area (Å²) in [6.07, 6.45) is 0.609. The van der Waals surface area contributed by atoms with Crippen LogP contribution in [0.3, 0.4) is 0 Å². The highest BCUT2D eigenvalue weighted by Crippen LogP contribution is 2.47. The standard InChI is InChI=1S/C25H26F3N3O2/c26-25(27,28)15-30-16-29-20-11-6-9-18(22(20)30)23(32)31-14-13-24(33,17-7-2-1-3-8-17)19-10-4-5-12-21(19)31/h1-3,6-9,11,16,19,21,33H,4-5,10,12-15H2/t19-,21+,24?/m1/s1. The normalized spacial score (nSPS) is 25.8. The first kappa shape index (κ1) is 21.9. The van der Waals surface area contributed by atoms with Crippen LogP contribution >= 0.6 is 0 Å². The summed E-state index contributed by atoms with van der Waals surface area (Å²) in [5.74, 6) is -0.415. The van der Waals surface area contributed by atoms with Crippen LogP contribution in [0.2, 0.25) is 0 Å². The maximum absolute atomic E-state index is 13.8. The number of alkyl halides is 3. The molecule has 5 nitrogen and oxygen atoms in total. The molecule has 0 bridgehead atoms. The minimum Gasteiger partial charge on any atom is -0.385 e. The third-order valence-electron chi connectivity index (χ3n) is 7.23. The number of nitrogens with zero attached hydrogens (tertiary/aromatic N) is 3. The lowest BCUT2D eigenvalue weighted by Gasteiger charge is -2.52. The van der Waals surface area contributed by atoms with Crippen molar-refractivity contribution in [3.63, 3.8) is 0 Å². The second-order valence-corrected chi connectivity index (χ2v) is 9.16. The molecule has 1 saturated carbocycles. The molecule has 0 spiro atoms. The molecule has 2 heterocycles. The van der Waals surface area contributed by atoms with E-state index < -0.39 is 18.3 Å². The Morgan fingerprint density at radius 3 is 2.61 bits per heavy atom. The van der Waals surface area contributed by atoms with E-state index >= 15 is 0 Å². The molecule has 2 aromatic carbocycles. The number of hydrogen-bond donors (Lipinski definition) is 1. The molecule has 1 unspecified atom stereocenters. The van der Waals surface area contributed by atoms with Crippen molar-refractivity contribution < 1.29 is 23.1 Å². The molecule has 8 heteroatoms. The molecule has 2 aliphatic rings. The van der Waals surface area contributed by atoms with E-state index in [0.29, 0.717) is 18.5 Å². The molecule has 33 heavy (non-hydrogen) atoms. The minimum atomic E-state index is -4.42. The quantitative estimate of drug-likeness (QED) is 0.609. The zero-order valence-corrected chi connectivity index (χ0v) is 18.1. The number of benzene rings is 2. The van der Waals surface area contributed by atoms with Crippen LogP contribution in [0.1, 0.15) is 48.0 Å². The monoisotopic (exact) mass is 457 g/mol. The summed E-state index contributed by atoms with van der Waals surface area (Å²) in [5, 5.41) is 11.7. The highest BCUT2D eigenvalue weighted by molar-refractivity contribution is 6.05. The van der Waals surface area contributed by atoms with Crippen molar-refractivity contribution in [1.82, 2.24) is 14.5 Å². The fourth-order valence-corrected chi connectivity index (χ4v) is 5.79. The van der Waals surface area contributed by atoms with Crippen LogP contribution in [-0.4, -0.2) is 44.2 Å². The van der Waals surface area contributed by atoms with Crippen LogP contribution in [0, 0.1) is 5.92 Å². The third-order valence-corrected chi connectivity index (χ3v) is 7.23. The van der Waals surface area contributed by atoms with Crippen molar-refractivity contribution in [2.24, 2.45) is 5.92 Å². The van der Waals surface area contributed by atoms with Crippen LogP contribution in [-0.2, 0) is 12.1 Å². The van der Waals surface area contributed by atoms with Gasteiger partial charge in [-0.15, -0.1) is 0 Å². The van der Waals surface area contributed by atoms with Gasteiger partial charge in [0, 0.05) is 18.5 Å². The van der Waals surface area contributed by atoms with Crippen molar-refractivity contribution in [3.05, 3.63) is 66.0 Å². The van der Waals surface area contributed by atoms with Gasteiger partial charge >= 0.3 is 6.18 Å². The number of piperidine rings is 1. The second kappa shape index (κ2) is 8.17. The van der Waals surface area contributed by atoms with Gasteiger partial charge < -0.3 is 14.6 Å². The number of aliphatic hydroxyl groups is 1. The van der Waals surface area contributed by atoms with Gasteiger partial charge in [0.25, 0.3) is 5.91 Å². The van der Waals surface area contributed by atoms with Gasteiger partial charge in [0.05, 0.1) is 28.5 Å². The highest BCUT2D eigenvalue weighted by Gasteiger charge is 2.50. The Balaban J connectivity index is 1.51. The maximum atomic E-state index is 13.8. The zero-order valence-electron chi connectivity index (χ0n) is 18.1. The largest absolute Gasteiger partial charge is 0.406 e. The minimum absolute atomic E-state index is 0.120. The molecule has 1 saturated heterocycles. The Morgan fingerprint density at radius 1 is 1.09 bits per heavy atom. The number of hydrogen-bond acceptors (Lipinski definition) is 3. The van der Waals surface area contributed by atoms with Gasteiger partial charge in [-0.25, -0.2) is 4.98 Å². The van der Waals surface area contributed by atoms with Crippen molar-refractivity contribution in [2.45, 2.75) is 56.5 Å². The number of aromatic nitrogens is 2. The van der Waals surface area contributed by atoms with Gasteiger partial charge in [0.1, 0.15) is 6.54 Å². The summed E-state index contributed by atoms with van der Waals surface area (Å²) >= 11 is 0. The lowest BCUT2D eigenvalue weighted by atomic mass is 9.66. The number of rotatable bonds is 3. The molecule has 5 rings (SSSR count). The Morgan fingerprint density at radius 2 is 1.85 bits per heavy atom. The van der Waals surface area contributed by atoms with Crippen LogP contribution in [0.15, 0.2) is 54.9 Å². The summed E-state index contributed by atoms with van der Waals surface area (Å²) in [6, 6.07) is 14.3. The lowest BCUT2D eigenvalue weighted by molar-refractivity contribution is -0.140. The zero-order chi connectivity index (χ0) is 23.2. The van der Waals surface area contributed by atoms with E-state index in [1.165, 1.54) is 0 Å². The molecule has 3 aromatic rings.